The van der Waals surface area contributed by atoms with Crippen LogP contribution in [0.25, 0.3) is 5.57 Å². The number of halogens is 1. The van der Waals surface area contributed by atoms with Crippen molar-refractivity contribution in [1.29, 1.82) is 0 Å². The summed E-state index contributed by atoms with van der Waals surface area (Å²) in [6.07, 6.45) is 3.91. The molecule has 2 unspecified atom stereocenters. The maximum Gasteiger partial charge on any atom is 0.277 e. The molecule has 164 valence electrons. The van der Waals surface area contributed by atoms with E-state index >= 15 is 0 Å². The third kappa shape index (κ3) is 5.25. The Morgan fingerprint density at radius 2 is 1.63 bits per heavy atom. The molecular weight excluding hydrogens is 400 g/mol. The van der Waals surface area contributed by atoms with E-state index in [0.29, 0.717) is 47.7 Å². The highest BCUT2D eigenvalue weighted by atomic mass is 35.5. The summed E-state index contributed by atoms with van der Waals surface area (Å²) in [5.74, 6) is 0.574. The molecule has 1 fully saturated rings. The Hall–Kier alpha value is -1.85. The lowest BCUT2D eigenvalue weighted by Gasteiger charge is -2.37. The first-order chi connectivity index (χ1) is 14.4. The fraction of sp³-hybridized carbons (Fsp3) is 0.583. The maximum atomic E-state index is 13.4. The van der Waals surface area contributed by atoms with Crippen molar-refractivity contribution in [3.63, 3.8) is 0 Å². The number of hydrogen-bond donors (Lipinski definition) is 0. The van der Waals surface area contributed by atoms with Crippen molar-refractivity contribution in [3.8, 4) is 0 Å². The summed E-state index contributed by atoms with van der Waals surface area (Å²) in [7, 11) is 0. The van der Waals surface area contributed by atoms with E-state index in [0.717, 1.165) is 44.5 Å². The van der Waals surface area contributed by atoms with E-state index in [1.54, 1.807) is 12.1 Å². The van der Waals surface area contributed by atoms with E-state index in [-0.39, 0.29) is 11.8 Å². The predicted molar refractivity (Wildman–Crippen MR) is 120 cm³/mol. The number of imide groups is 1. The average Bonchev–Trinajstić information content (AvgIpc) is 2.95. The second-order valence-corrected chi connectivity index (χ2v) is 9.10. The van der Waals surface area contributed by atoms with Crippen LogP contribution in [-0.4, -0.2) is 54.5 Å². The normalized spacial score (nSPS) is 22.4. The Kier molecular flexibility index (Phi) is 7.95. The molecule has 0 bridgehead atoms. The standard InChI is InChI=1S/C24H33ClN2O3/c1-4-5-12-30-13-6-11-27-23(28)21(19-7-9-20(25)10-8-19)22(24(27)29)26-15-17(2)14-18(3)16-26/h7-10,17-18H,4-6,11-16H2,1-3H3. The van der Waals surface area contributed by atoms with Crippen LogP contribution in [0.1, 0.15) is 52.0 Å². The van der Waals surface area contributed by atoms with Crippen molar-refractivity contribution in [2.24, 2.45) is 11.8 Å². The number of benzene rings is 1. The molecule has 0 spiro atoms. The number of nitrogens with zero attached hydrogens (tertiary/aromatic N) is 2. The van der Waals surface area contributed by atoms with Gasteiger partial charge in [-0.05, 0) is 48.8 Å². The summed E-state index contributed by atoms with van der Waals surface area (Å²) in [5.41, 5.74) is 1.80. The number of likely N-dealkylation sites (tertiary alicyclic amines) is 1. The Labute approximate surface area is 185 Å². The number of carbonyl (C=O) groups is 2. The number of carbonyl (C=O) groups excluding carboxylic acids is 2. The molecule has 3 rings (SSSR count). The minimum Gasteiger partial charge on any atom is -0.381 e. The largest absolute Gasteiger partial charge is 0.381 e. The van der Waals surface area contributed by atoms with Gasteiger partial charge in [0.15, 0.2) is 0 Å². The van der Waals surface area contributed by atoms with E-state index in [1.165, 1.54) is 4.90 Å². The number of ether oxygens (including phenoxy) is 1. The van der Waals surface area contributed by atoms with Crippen LogP contribution in [0.4, 0.5) is 0 Å². The molecule has 2 aliphatic rings. The van der Waals surface area contributed by atoms with Gasteiger partial charge in [0.05, 0.1) is 5.57 Å². The van der Waals surface area contributed by atoms with E-state index in [4.69, 9.17) is 16.3 Å². The fourth-order valence-electron chi connectivity index (χ4n) is 4.46. The second kappa shape index (κ2) is 10.5. The summed E-state index contributed by atoms with van der Waals surface area (Å²) in [4.78, 5) is 30.2. The molecule has 2 aliphatic heterocycles. The van der Waals surface area contributed by atoms with Crippen molar-refractivity contribution in [1.82, 2.24) is 9.80 Å². The third-order valence-electron chi connectivity index (χ3n) is 5.77. The lowest BCUT2D eigenvalue weighted by atomic mass is 9.91. The number of hydrogen-bond acceptors (Lipinski definition) is 4. The first kappa shape index (κ1) is 22.8. The molecule has 2 amide bonds. The molecule has 2 heterocycles. The van der Waals surface area contributed by atoms with Gasteiger partial charge < -0.3 is 9.64 Å². The van der Waals surface area contributed by atoms with Gasteiger partial charge in [-0.2, -0.15) is 0 Å². The molecule has 1 aromatic carbocycles. The molecule has 1 saturated heterocycles. The summed E-state index contributed by atoms with van der Waals surface area (Å²) < 4.78 is 5.61. The van der Waals surface area contributed by atoms with E-state index < -0.39 is 0 Å². The Morgan fingerprint density at radius 3 is 2.27 bits per heavy atom. The minimum absolute atomic E-state index is 0.181. The quantitative estimate of drug-likeness (QED) is 0.422. The zero-order valence-corrected chi connectivity index (χ0v) is 19.1. The number of rotatable bonds is 9. The third-order valence-corrected chi connectivity index (χ3v) is 6.03. The summed E-state index contributed by atoms with van der Waals surface area (Å²) in [6, 6.07) is 7.20. The molecule has 5 nitrogen and oxygen atoms in total. The lowest BCUT2D eigenvalue weighted by Crippen LogP contribution is -2.42. The van der Waals surface area contributed by atoms with Gasteiger partial charge in [0.25, 0.3) is 11.8 Å². The van der Waals surface area contributed by atoms with Gasteiger partial charge in [-0.25, -0.2) is 0 Å². The van der Waals surface area contributed by atoms with Crippen LogP contribution < -0.4 is 0 Å². The van der Waals surface area contributed by atoms with Crippen LogP contribution in [0.3, 0.4) is 0 Å². The molecule has 0 radical (unpaired) electrons. The van der Waals surface area contributed by atoms with Crippen LogP contribution in [0.15, 0.2) is 30.0 Å². The Bertz CT molecular complexity index is 780. The zero-order chi connectivity index (χ0) is 21.7. The van der Waals surface area contributed by atoms with Crippen molar-refractivity contribution >= 4 is 29.0 Å². The van der Waals surface area contributed by atoms with Gasteiger partial charge in [-0.3, -0.25) is 14.5 Å². The van der Waals surface area contributed by atoms with Crippen LogP contribution in [0.5, 0.6) is 0 Å². The summed E-state index contributed by atoms with van der Waals surface area (Å²) in [5, 5.41) is 0.610. The SMILES string of the molecule is CCCCOCCCN1C(=O)C(c2ccc(Cl)cc2)=C(N2CC(C)CC(C)C2)C1=O. The van der Waals surface area contributed by atoms with Crippen LogP contribution in [0, 0.1) is 11.8 Å². The number of amides is 2. The van der Waals surface area contributed by atoms with Crippen molar-refractivity contribution in [2.75, 3.05) is 32.8 Å². The predicted octanol–water partition coefficient (Wildman–Crippen LogP) is 4.60. The molecule has 0 aromatic heterocycles. The lowest BCUT2D eigenvalue weighted by molar-refractivity contribution is -0.137. The molecule has 2 atom stereocenters. The summed E-state index contributed by atoms with van der Waals surface area (Å²) in [6.45, 7) is 9.78. The van der Waals surface area contributed by atoms with E-state index in [1.807, 2.05) is 12.1 Å². The molecular formula is C24H33ClN2O3. The molecule has 1 aromatic rings. The molecule has 0 N–H and O–H groups in total. The topological polar surface area (TPSA) is 49.9 Å². The van der Waals surface area contributed by atoms with Gasteiger partial charge in [0.1, 0.15) is 5.70 Å². The van der Waals surface area contributed by atoms with Gasteiger partial charge in [-0.15, -0.1) is 0 Å². The van der Waals surface area contributed by atoms with Gasteiger partial charge in [0.2, 0.25) is 0 Å². The highest BCUT2D eigenvalue weighted by Gasteiger charge is 2.42. The van der Waals surface area contributed by atoms with Crippen LogP contribution in [-0.2, 0) is 14.3 Å². The first-order valence-corrected chi connectivity index (χ1v) is 11.5. The zero-order valence-electron chi connectivity index (χ0n) is 18.3. The van der Waals surface area contributed by atoms with Crippen molar-refractivity contribution in [3.05, 3.63) is 40.5 Å². The van der Waals surface area contributed by atoms with Gasteiger partial charge >= 0.3 is 0 Å². The second-order valence-electron chi connectivity index (χ2n) is 8.66. The number of piperidine rings is 1. The van der Waals surface area contributed by atoms with Gasteiger partial charge in [0, 0.05) is 37.9 Å². The van der Waals surface area contributed by atoms with Gasteiger partial charge in [-0.1, -0.05) is 50.9 Å². The molecule has 0 saturated carbocycles. The van der Waals surface area contributed by atoms with E-state index in [2.05, 4.69) is 25.7 Å². The average molecular weight is 433 g/mol. The molecule has 30 heavy (non-hydrogen) atoms. The Morgan fingerprint density at radius 1 is 1.00 bits per heavy atom. The van der Waals surface area contributed by atoms with Crippen molar-refractivity contribution < 1.29 is 14.3 Å². The smallest absolute Gasteiger partial charge is 0.277 e. The van der Waals surface area contributed by atoms with Crippen LogP contribution >= 0.6 is 11.6 Å². The van der Waals surface area contributed by atoms with Crippen LogP contribution in [0.2, 0.25) is 5.02 Å². The van der Waals surface area contributed by atoms with Crippen molar-refractivity contribution in [2.45, 2.75) is 46.5 Å². The Balaban J connectivity index is 1.83. The monoisotopic (exact) mass is 432 g/mol. The fourth-order valence-corrected chi connectivity index (χ4v) is 4.58. The molecule has 0 aliphatic carbocycles. The number of unbranched alkanes of at least 4 members (excludes halogenated alkanes) is 1. The first-order valence-electron chi connectivity index (χ1n) is 11.1. The maximum absolute atomic E-state index is 13.4. The van der Waals surface area contributed by atoms with E-state index in [9.17, 15) is 9.59 Å². The summed E-state index contributed by atoms with van der Waals surface area (Å²) >= 11 is 6.05. The highest BCUT2D eigenvalue weighted by Crippen LogP contribution is 2.35. The minimum atomic E-state index is -0.211. The molecule has 6 heteroatoms. The highest BCUT2D eigenvalue weighted by molar-refractivity contribution is 6.36.